The van der Waals surface area contributed by atoms with Gasteiger partial charge in [0, 0.05) is 34.5 Å². The maximum Gasteiger partial charge on any atom is 0.253 e. The van der Waals surface area contributed by atoms with Gasteiger partial charge in [-0.15, -0.1) is 11.3 Å². The van der Waals surface area contributed by atoms with Gasteiger partial charge < -0.3 is 10.6 Å². The van der Waals surface area contributed by atoms with Crippen molar-refractivity contribution in [1.29, 1.82) is 0 Å². The molecule has 6 nitrogen and oxygen atoms in total. The number of benzene rings is 1. The average Bonchev–Trinajstić information content (AvgIpc) is 3.45. The zero-order valence-corrected chi connectivity index (χ0v) is 19.6. The van der Waals surface area contributed by atoms with Crippen LogP contribution < -0.4 is 10.6 Å². The third-order valence-electron chi connectivity index (χ3n) is 5.90. The molecule has 0 spiro atoms. The van der Waals surface area contributed by atoms with Crippen molar-refractivity contribution in [3.63, 3.8) is 0 Å². The van der Waals surface area contributed by atoms with Gasteiger partial charge in [-0.25, -0.2) is 9.97 Å². The summed E-state index contributed by atoms with van der Waals surface area (Å²) in [6, 6.07) is 8.26. The van der Waals surface area contributed by atoms with Gasteiger partial charge in [-0.2, -0.15) is 0 Å². The zero-order chi connectivity index (χ0) is 22.2. The van der Waals surface area contributed by atoms with Crippen LogP contribution in [-0.2, 0) is 4.79 Å². The van der Waals surface area contributed by atoms with Crippen LogP contribution >= 0.6 is 22.7 Å². The first kappa shape index (κ1) is 21.0. The van der Waals surface area contributed by atoms with Crippen molar-refractivity contribution in [2.75, 3.05) is 5.32 Å². The van der Waals surface area contributed by atoms with Gasteiger partial charge in [0.15, 0.2) is 5.13 Å². The molecule has 1 aliphatic carbocycles. The first-order chi connectivity index (χ1) is 15.6. The van der Waals surface area contributed by atoms with Gasteiger partial charge in [-0.1, -0.05) is 31.3 Å². The molecule has 0 saturated heterocycles. The second-order valence-corrected chi connectivity index (χ2v) is 10.1. The molecule has 32 heavy (non-hydrogen) atoms. The summed E-state index contributed by atoms with van der Waals surface area (Å²) in [6.45, 7) is 4.16. The highest BCUT2D eigenvalue weighted by molar-refractivity contribution is 7.22. The third-order valence-corrected chi connectivity index (χ3v) is 7.73. The minimum atomic E-state index is -0.0437. The Hall–Kier alpha value is -2.84. The van der Waals surface area contributed by atoms with Crippen LogP contribution in [0.25, 0.3) is 31.6 Å². The molecule has 3 heterocycles. The standard InChI is InChI=1S/C24H24N4O2S2/c1-3-16(4-2)26-22(30)18-12-31-23-17(18)9-15(11-25-23)14-7-8-19-20(10-14)32-24(27-19)28-21(29)13-5-6-13/h7-13,16H,3-6H2,1-2H3,(H,26,30)(H,27,28,29). The smallest absolute Gasteiger partial charge is 0.253 e. The van der Waals surface area contributed by atoms with Crippen molar-refractivity contribution in [1.82, 2.24) is 15.3 Å². The fourth-order valence-corrected chi connectivity index (χ4v) is 5.50. The number of hydrogen-bond donors (Lipinski definition) is 2. The van der Waals surface area contributed by atoms with Gasteiger partial charge in [-0.05, 0) is 49.4 Å². The number of carbonyl (C=O) groups excluding carboxylic acids is 2. The lowest BCUT2D eigenvalue weighted by molar-refractivity contribution is -0.117. The van der Waals surface area contributed by atoms with E-state index in [-0.39, 0.29) is 23.8 Å². The Labute approximate surface area is 194 Å². The summed E-state index contributed by atoms with van der Waals surface area (Å²) in [7, 11) is 0. The fraction of sp³-hybridized carbons (Fsp3) is 0.333. The minimum Gasteiger partial charge on any atom is -0.349 e. The molecule has 0 radical (unpaired) electrons. The van der Waals surface area contributed by atoms with E-state index in [1.165, 1.54) is 22.7 Å². The van der Waals surface area contributed by atoms with Crippen molar-refractivity contribution in [2.45, 2.75) is 45.6 Å². The average molecular weight is 465 g/mol. The number of hydrogen-bond acceptors (Lipinski definition) is 6. The molecule has 0 atom stereocenters. The predicted molar refractivity (Wildman–Crippen MR) is 131 cm³/mol. The number of rotatable bonds is 7. The van der Waals surface area contributed by atoms with E-state index in [0.29, 0.717) is 10.7 Å². The van der Waals surface area contributed by atoms with Crippen LogP contribution in [0.4, 0.5) is 5.13 Å². The van der Waals surface area contributed by atoms with Gasteiger partial charge in [-0.3, -0.25) is 9.59 Å². The monoisotopic (exact) mass is 464 g/mol. The molecule has 0 unspecified atom stereocenters. The molecule has 1 fully saturated rings. The highest BCUT2D eigenvalue weighted by Crippen LogP contribution is 2.35. The van der Waals surface area contributed by atoms with Crippen LogP contribution in [-0.4, -0.2) is 27.8 Å². The molecule has 2 amide bonds. The number of amides is 2. The van der Waals surface area contributed by atoms with Crippen LogP contribution in [0.15, 0.2) is 35.8 Å². The van der Waals surface area contributed by atoms with E-state index in [4.69, 9.17) is 0 Å². The second-order valence-electron chi connectivity index (χ2n) is 8.18. The van der Waals surface area contributed by atoms with E-state index >= 15 is 0 Å². The van der Waals surface area contributed by atoms with Crippen LogP contribution in [0.1, 0.15) is 49.9 Å². The molecular formula is C24H24N4O2S2. The summed E-state index contributed by atoms with van der Waals surface area (Å²) in [5.41, 5.74) is 3.49. The third kappa shape index (κ3) is 4.12. The van der Waals surface area contributed by atoms with E-state index in [1.54, 1.807) is 0 Å². The van der Waals surface area contributed by atoms with Crippen molar-refractivity contribution in [3.8, 4) is 11.1 Å². The zero-order valence-electron chi connectivity index (χ0n) is 18.0. The number of carbonyl (C=O) groups is 2. The minimum absolute atomic E-state index is 0.0437. The van der Waals surface area contributed by atoms with Gasteiger partial charge >= 0.3 is 0 Å². The molecule has 3 aromatic heterocycles. The van der Waals surface area contributed by atoms with Crippen molar-refractivity contribution >= 4 is 60.1 Å². The number of aromatic nitrogens is 2. The SMILES string of the molecule is CCC(CC)NC(=O)c1csc2ncc(-c3ccc4nc(NC(=O)C5CC5)sc4c3)cc12. The number of thiazole rings is 1. The molecule has 5 rings (SSSR count). The number of nitrogens with one attached hydrogen (secondary N) is 2. The van der Waals surface area contributed by atoms with Crippen LogP contribution in [0.3, 0.4) is 0 Å². The lowest BCUT2D eigenvalue weighted by atomic mass is 10.0. The number of anilines is 1. The maximum absolute atomic E-state index is 12.8. The van der Waals surface area contributed by atoms with Crippen LogP contribution in [0.2, 0.25) is 0 Å². The molecule has 0 aliphatic heterocycles. The topological polar surface area (TPSA) is 84.0 Å². The first-order valence-electron chi connectivity index (χ1n) is 11.0. The molecule has 2 N–H and O–H groups in total. The van der Waals surface area contributed by atoms with Gasteiger partial charge in [0.1, 0.15) is 4.83 Å². The fourth-order valence-electron chi connectivity index (χ4n) is 3.72. The Morgan fingerprint density at radius 2 is 1.97 bits per heavy atom. The summed E-state index contributed by atoms with van der Waals surface area (Å²) in [5, 5.41) is 9.46. The first-order valence-corrected chi connectivity index (χ1v) is 12.6. The summed E-state index contributed by atoms with van der Waals surface area (Å²) < 4.78 is 1.01. The molecule has 0 bridgehead atoms. The van der Waals surface area contributed by atoms with Crippen molar-refractivity contribution in [2.24, 2.45) is 5.92 Å². The van der Waals surface area contributed by atoms with Gasteiger partial charge in [0.05, 0.1) is 15.8 Å². The van der Waals surface area contributed by atoms with Crippen LogP contribution in [0.5, 0.6) is 0 Å². The molecule has 4 aromatic rings. The molecule has 8 heteroatoms. The predicted octanol–water partition coefficient (Wildman–Crippen LogP) is 5.84. The quantitative estimate of drug-likeness (QED) is 0.360. The van der Waals surface area contributed by atoms with Crippen LogP contribution in [0, 0.1) is 5.92 Å². The van der Waals surface area contributed by atoms with Crippen molar-refractivity contribution in [3.05, 3.63) is 41.4 Å². The highest BCUT2D eigenvalue weighted by Gasteiger charge is 2.30. The highest BCUT2D eigenvalue weighted by atomic mass is 32.1. The molecule has 1 aromatic carbocycles. The lowest BCUT2D eigenvalue weighted by Crippen LogP contribution is -2.33. The van der Waals surface area contributed by atoms with Gasteiger partial charge in [0.2, 0.25) is 5.91 Å². The summed E-state index contributed by atoms with van der Waals surface area (Å²) in [5.74, 6) is 0.172. The maximum atomic E-state index is 12.8. The summed E-state index contributed by atoms with van der Waals surface area (Å²) in [4.78, 5) is 34.9. The Kier molecular flexibility index (Phi) is 5.65. The molecule has 1 aliphatic rings. The number of pyridine rings is 1. The normalized spacial score (nSPS) is 13.7. The number of thiophene rings is 1. The summed E-state index contributed by atoms with van der Waals surface area (Å²) in [6.07, 6.45) is 5.60. The van der Waals surface area contributed by atoms with E-state index in [1.807, 2.05) is 29.8 Å². The summed E-state index contributed by atoms with van der Waals surface area (Å²) >= 11 is 2.97. The Bertz CT molecular complexity index is 1320. The Morgan fingerprint density at radius 3 is 2.72 bits per heavy atom. The molecular weight excluding hydrogens is 440 g/mol. The molecule has 164 valence electrons. The van der Waals surface area contributed by atoms with Gasteiger partial charge in [0.25, 0.3) is 5.91 Å². The van der Waals surface area contributed by atoms with Crippen molar-refractivity contribution < 1.29 is 9.59 Å². The van der Waals surface area contributed by atoms with E-state index in [2.05, 4.69) is 40.5 Å². The number of fused-ring (bicyclic) bond motifs is 2. The number of nitrogens with zero attached hydrogens (tertiary/aromatic N) is 2. The Morgan fingerprint density at radius 1 is 1.16 bits per heavy atom. The van der Waals surface area contributed by atoms with E-state index in [0.717, 1.165) is 57.2 Å². The Balaban J connectivity index is 1.44. The lowest BCUT2D eigenvalue weighted by Gasteiger charge is -2.14. The second kappa shape index (κ2) is 8.60. The largest absolute Gasteiger partial charge is 0.349 e. The van der Waals surface area contributed by atoms with E-state index < -0.39 is 0 Å². The van der Waals surface area contributed by atoms with E-state index in [9.17, 15) is 9.59 Å². The molecule has 1 saturated carbocycles.